The largest absolute Gasteiger partial charge is 0.452 e. The number of hydrogen-bond acceptors (Lipinski definition) is 6. The summed E-state index contributed by atoms with van der Waals surface area (Å²) in [6, 6.07) is 3.19. The van der Waals surface area contributed by atoms with Crippen molar-refractivity contribution in [3.8, 4) is 0 Å². The molecule has 0 fully saturated rings. The maximum atomic E-state index is 13.2. The van der Waals surface area contributed by atoms with Gasteiger partial charge in [0.1, 0.15) is 10.5 Å². The second-order valence-electron chi connectivity index (χ2n) is 5.47. The fraction of sp³-hybridized carbons (Fsp3) is 0.429. The topological polar surface area (TPSA) is 76.2 Å². The van der Waals surface area contributed by atoms with E-state index in [-0.39, 0.29) is 17.2 Å². The van der Waals surface area contributed by atoms with Crippen LogP contribution in [-0.2, 0) is 6.18 Å². The quantitative estimate of drug-likeness (QED) is 0.724. The van der Waals surface area contributed by atoms with Gasteiger partial charge in [0.05, 0.1) is 6.10 Å². The van der Waals surface area contributed by atoms with E-state index in [2.05, 4.69) is 20.2 Å². The number of rotatable bonds is 4. The van der Waals surface area contributed by atoms with Crippen LogP contribution in [0.3, 0.4) is 0 Å². The normalized spacial score (nSPS) is 15.1. The molecule has 3 rings (SSSR count). The van der Waals surface area contributed by atoms with Gasteiger partial charge in [-0.2, -0.15) is 13.2 Å². The van der Waals surface area contributed by atoms with Crippen LogP contribution in [0.5, 0.6) is 0 Å². The SMILES string of the molecule is CC(O)C(C)CSc1nc2cccnc2n2c(C(F)(F)F)nnc12. The fourth-order valence-electron chi connectivity index (χ4n) is 2.06. The number of thioether (sulfide) groups is 1. The number of hydrogen-bond donors (Lipinski definition) is 1. The molecule has 0 amide bonds. The minimum absolute atomic E-state index is 0.0105. The number of pyridine rings is 1. The maximum absolute atomic E-state index is 13.2. The zero-order valence-corrected chi connectivity index (χ0v) is 13.6. The summed E-state index contributed by atoms with van der Waals surface area (Å²) in [7, 11) is 0. The fourth-order valence-corrected chi connectivity index (χ4v) is 3.18. The third-order valence-corrected chi connectivity index (χ3v) is 4.85. The molecular formula is C14H14F3N5OS. The van der Waals surface area contributed by atoms with Crippen molar-refractivity contribution in [2.45, 2.75) is 31.2 Å². The Kier molecular flexibility index (Phi) is 4.35. The van der Waals surface area contributed by atoms with E-state index in [0.717, 1.165) is 4.40 Å². The molecule has 0 aliphatic carbocycles. The summed E-state index contributed by atoms with van der Waals surface area (Å²) in [5.74, 6) is -0.694. The molecule has 10 heteroatoms. The molecule has 6 nitrogen and oxygen atoms in total. The number of aliphatic hydroxyl groups excluding tert-OH is 1. The van der Waals surface area contributed by atoms with E-state index >= 15 is 0 Å². The predicted octanol–water partition coefficient (Wildman–Crippen LogP) is 2.80. The van der Waals surface area contributed by atoms with E-state index in [0.29, 0.717) is 16.3 Å². The Morgan fingerprint density at radius 3 is 2.67 bits per heavy atom. The first-order valence-electron chi connectivity index (χ1n) is 7.17. The van der Waals surface area contributed by atoms with Crippen LogP contribution in [0.1, 0.15) is 19.7 Å². The summed E-state index contributed by atoms with van der Waals surface area (Å²) in [5, 5.41) is 16.8. The molecule has 128 valence electrons. The van der Waals surface area contributed by atoms with Crippen molar-refractivity contribution in [2.75, 3.05) is 5.75 Å². The zero-order chi connectivity index (χ0) is 17.5. The van der Waals surface area contributed by atoms with Crippen LogP contribution < -0.4 is 0 Å². The van der Waals surface area contributed by atoms with Crippen LogP contribution in [0.25, 0.3) is 16.8 Å². The molecule has 3 aromatic heterocycles. The van der Waals surface area contributed by atoms with Crippen LogP contribution >= 0.6 is 11.8 Å². The first-order chi connectivity index (χ1) is 11.3. The number of aliphatic hydroxyl groups is 1. The van der Waals surface area contributed by atoms with E-state index in [9.17, 15) is 18.3 Å². The number of nitrogens with zero attached hydrogens (tertiary/aromatic N) is 5. The van der Waals surface area contributed by atoms with Gasteiger partial charge in [0.15, 0.2) is 11.3 Å². The van der Waals surface area contributed by atoms with Gasteiger partial charge in [0, 0.05) is 11.9 Å². The molecular weight excluding hydrogens is 343 g/mol. The van der Waals surface area contributed by atoms with E-state index < -0.39 is 18.1 Å². The van der Waals surface area contributed by atoms with Crippen molar-refractivity contribution in [3.05, 3.63) is 24.2 Å². The Bertz CT molecular complexity index is 880. The molecule has 3 aromatic rings. The highest BCUT2D eigenvalue weighted by Gasteiger charge is 2.38. The summed E-state index contributed by atoms with van der Waals surface area (Å²) < 4.78 is 40.5. The van der Waals surface area contributed by atoms with Crippen molar-refractivity contribution in [3.63, 3.8) is 0 Å². The molecule has 2 atom stereocenters. The molecule has 0 bridgehead atoms. The highest BCUT2D eigenvalue weighted by Crippen LogP contribution is 2.32. The molecule has 0 aromatic carbocycles. The number of fused-ring (bicyclic) bond motifs is 3. The second kappa shape index (κ2) is 6.17. The Balaban J connectivity index is 2.17. The molecule has 24 heavy (non-hydrogen) atoms. The van der Waals surface area contributed by atoms with Crippen molar-refractivity contribution >= 4 is 28.6 Å². The smallest absolute Gasteiger partial charge is 0.393 e. The van der Waals surface area contributed by atoms with Crippen LogP contribution in [0, 0.1) is 5.92 Å². The Morgan fingerprint density at radius 2 is 2.00 bits per heavy atom. The Labute approximate surface area is 139 Å². The van der Waals surface area contributed by atoms with Gasteiger partial charge >= 0.3 is 6.18 Å². The van der Waals surface area contributed by atoms with E-state index in [1.54, 1.807) is 19.1 Å². The lowest BCUT2D eigenvalue weighted by Gasteiger charge is -2.14. The van der Waals surface area contributed by atoms with Crippen LogP contribution in [-0.4, -0.2) is 41.5 Å². The Hall–Kier alpha value is -1.94. The number of alkyl halides is 3. The molecule has 0 saturated heterocycles. The van der Waals surface area contributed by atoms with E-state index in [4.69, 9.17) is 0 Å². The van der Waals surface area contributed by atoms with E-state index in [1.807, 2.05) is 6.92 Å². The monoisotopic (exact) mass is 357 g/mol. The lowest BCUT2D eigenvalue weighted by Crippen LogP contribution is -2.15. The predicted molar refractivity (Wildman–Crippen MR) is 82.7 cm³/mol. The van der Waals surface area contributed by atoms with Gasteiger partial charge in [-0.05, 0) is 25.0 Å². The molecule has 0 aliphatic heterocycles. The second-order valence-corrected chi connectivity index (χ2v) is 6.48. The van der Waals surface area contributed by atoms with Gasteiger partial charge < -0.3 is 5.11 Å². The van der Waals surface area contributed by atoms with Crippen molar-refractivity contribution in [1.29, 1.82) is 0 Å². The zero-order valence-electron chi connectivity index (χ0n) is 12.8. The summed E-state index contributed by atoms with van der Waals surface area (Å²) in [6.07, 6.45) is -3.79. The maximum Gasteiger partial charge on any atom is 0.452 e. The third kappa shape index (κ3) is 3.03. The summed E-state index contributed by atoms with van der Waals surface area (Å²) in [4.78, 5) is 8.35. The number of aromatic nitrogens is 5. The molecule has 0 aliphatic rings. The van der Waals surface area contributed by atoms with Gasteiger partial charge in [0.25, 0.3) is 0 Å². The third-order valence-electron chi connectivity index (χ3n) is 3.61. The van der Waals surface area contributed by atoms with Crippen molar-refractivity contribution in [2.24, 2.45) is 5.92 Å². The molecule has 0 radical (unpaired) electrons. The van der Waals surface area contributed by atoms with Crippen molar-refractivity contribution in [1.82, 2.24) is 24.6 Å². The lowest BCUT2D eigenvalue weighted by atomic mass is 10.1. The Morgan fingerprint density at radius 1 is 1.25 bits per heavy atom. The summed E-state index contributed by atoms with van der Waals surface area (Å²) in [5.41, 5.74) is 0.386. The molecule has 3 heterocycles. The highest BCUT2D eigenvalue weighted by atomic mass is 32.2. The first kappa shape index (κ1) is 16.9. The minimum Gasteiger partial charge on any atom is -0.393 e. The lowest BCUT2D eigenvalue weighted by molar-refractivity contribution is -0.145. The van der Waals surface area contributed by atoms with Gasteiger partial charge in [-0.15, -0.1) is 22.0 Å². The van der Waals surface area contributed by atoms with Gasteiger partial charge in [-0.3, -0.25) is 4.40 Å². The minimum atomic E-state index is -4.65. The average molecular weight is 357 g/mol. The van der Waals surface area contributed by atoms with Crippen molar-refractivity contribution < 1.29 is 18.3 Å². The van der Waals surface area contributed by atoms with Gasteiger partial charge in [0.2, 0.25) is 5.82 Å². The van der Waals surface area contributed by atoms with Gasteiger partial charge in [-0.25, -0.2) is 9.97 Å². The molecule has 0 spiro atoms. The standard InChI is InChI=1S/C14H14F3N5OS/c1-7(8(2)23)6-24-12-11-20-21-13(14(15,16)17)22(11)10-9(19-12)4-3-5-18-10/h3-5,7-8,23H,6H2,1-2H3. The van der Waals surface area contributed by atoms with Crippen LogP contribution in [0.15, 0.2) is 23.4 Å². The van der Waals surface area contributed by atoms with E-state index in [1.165, 1.54) is 18.0 Å². The van der Waals surface area contributed by atoms with Gasteiger partial charge in [-0.1, -0.05) is 6.92 Å². The van der Waals surface area contributed by atoms with Crippen LogP contribution in [0.2, 0.25) is 0 Å². The average Bonchev–Trinajstić information content (AvgIpc) is 2.97. The highest BCUT2D eigenvalue weighted by molar-refractivity contribution is 7.99. The summed E-state index contributed by atoms with van der Waals surface area (Å²) >= 11 is 1.24. The summed E-state index contributed by atoms with van der Waals surface area (Å²) in [6.45, 7) is 3.51. The number of halogens is 3. The molecule has 1 N–H and O–H groups in total. The molecule has 2 unspecified atom stereocenters. The van der Waals surface area contributed by atoms with Crippen LogP contribution in [0.4, 0.5) is 13.2 Å². The molecule has 0 saturated carbocycles. The first-order valence-corrected chi connectivity index (χ1v) is 8.15.